The number of ketones is 1. The molecule has 31 heavy (non-hydrogen) atoms. The minimum atomic E-state index is -1.02. The minimum absolute atomic E-state index is 0.0587. The molecule has 1 aromatic heterocycles. The highest BCUT2D eigenvalue weighted by atomic mass is 35.5. The van der Waals surface area contributed by atoms with Gasteiger partial charge in [-0.15, -0.1) is 0 Å². The first kappa shape index (κ1) is 21.0. The lowest BCUT2D eigenvalue weighted by Crippen LogP contribution is -2.30. The van der Waals surface area contributed by atoms with Gasteiger partial charge in [0, 0.05) is 23.2 Å². The second-order valence-electron chi connectivity index (χ2n) is 7.91. The average Bonchev–Trinajstić information content (AvgIpc) is 3.59. The van der Waals surface area contributed by atoms with E-state index in [1.165, 1.54) is 12.3 Å². The Morgan fingerprint density at radius 2 is 2.19 bits per heavy atom. The van der Waals surface area contributed by atoms with Crippen LogP contribution in [0, 0.1) is 11.3 Å². The Hall–Kier alpha value is -3.24. The van der Waals surface area contributed by atoms with Gasteiger partial charge >= 0.3 is 0 Å². The van der Waals surface area contributed by atoms with Crippen molar-refractivity contribution in [2.45, 2.75) is 37.6 Å². The number of amidine groups is 1. The molecule has 2 aromatic rings. The van der Waals surface area contributed by atoms with Crippen molar-refractivity contribution in [2.24, 2.45) is 10.7 Å². The van der Waals surface area contributed by atoms with Crippen LogP contribution < -0.4 is 5.73 Å². The molecule has 0 radical (unpaired) electrons. The summed E-state index contributed by atoms with van der Waals surface area (Å²) in [4.78, 5) is 21.6. The molecule has 1 saturated carbocycles. The lowest BCUT2D eigenvalue weighted by molar-refractivity contribution is 0.0987. The summed E-state index contributed by atoms with van der Waals surface area (Å²) in [5.74, 6) is 0.200. The molecule has 2 N–H and O–H groups in total. The van der Waals surface area contributed by atoms with Gasteiger partial charge in [-0.25, -0.2) is 9.38 Å². The summed E-state index contributed by atoms with van der Waals surface area (Å²) in [5.41, 5.74) is 7.69. The van der Waals surface area contributed by atoms with Gasteiger partial charge in [0.25, 0.3) is 6.02 Å². The number of rotatable bonds is 6. The third-order valence-electron chi connectivity index (χ3n) is 5.42. The van der Waals surface area contributed by atoms with E-state index in [0.717, 1.165) is 18.4 Å². The highest BCUT2D eigenvalue weighted by Crippen LogP contribution is 2.42. The molecule has 8 heteroatoms. The van der Waals surface area contributed by atoms with Crippen molar-refractivity contribution in [2.75, 3.05) is 6.67 Å². The van der Waals surface area contributed by atoms with Crippen LogP contribution in [0.3, 0.4) is 0 Å². The standard InChI is InChI=1S/C23H20ClFN4O2/c1-23(9-16(10-25)31-22(27)29-23)18-7-13(2-5-19(18)24)8-20(30)21-17(15-3-4-15)6-14(11-26)12-28-21/h2,5-7,9,12,15H,3-4,8,10H2,1H3,(H2,27,29)/t23-/m0/s1. The van der Waals surface area contributed by atoms with E-state index in [1.807, 2.05) is 0 Å². The predicted octanol–water partition coefficient (Wildman–Crippen LogP) is 4.32. The largest absolute Gasteiger partial charge is 0.428 e. The molecule has 2 aliphatic rings. The SMILES string of the molecule is C[C@@]1(c2cc(CC(=O)c3ncc(C#N)cc3C3CC3)ccc2Cl)C=C(CF)OC(N)=N1. The second kappa shape index (κ2) is 8.12. The fraction of sp³-hybridized carbons (Fsp3) is 0.304. The van der Waals surface area contributed by atoms with Crippen LogP contribution in [0.25, 0.3) is 0 Å². The highest BCUT2D eigenvalue weighted by Gasteiger charge is 2.32. The maximum atomic E-state index is 13.2. The number of benzene rings is 1. The Labute approximate surface area is 184 Å². The number of nitrogens with zero attached hydrogens (tertiary/aromatic N) is 3. The first-order valence-corrected chi connectivity index (χ1v) is 10.2. The summed E-state index contributed by atoms with van der Waals surface area (Å²) < 4.78 is 18.3. The number of allylic oxidation sites excluding steroid dienone is 1. The number of alkyl halides is 1. The molecular weight excluding hydrogens is 419 g/mol. The third kappa shape index (κ3) is 4.30. The van der Waals surface area contributed by atoms with E-state index < -0.39 is 12.2 Å². The summed E-state index contributed by atoms with van der Waals surface area (Å²) >= 11 is 6.42. The molecule has 1 atom stereocenters. The zero-order valence-electron chi connectivity index (χ0n) is 16.9. The van der Waals surface area contributed by atoms with Crippen molar-refractivity contribution < 1.29 is 13.9 Å². The van der Waals surface area contributed by atoms with Crippen molar-refractivity contribution in [3.63, 3.8) is 0 Å². The molecule has 4 rings (SSSR count). The molecule has 1 aliphatic carbocycles. The van der Waals surface area contributed by atoms with Gasteiger partial charge in [0.1, 0.15) is 29.7 Å². The number of carbonyl (C=O) groups is 1. The normalized spacial score (nSPS) is 20.3. The van der Waals surface area contributed by atoms with Gasteiger partial charge in [0.15, 0.2) is 5.78 Å². The van der Waals surface area contributed by atoms with Crippen molar-refractivity contribution in [3.8, 4) is 6.07 Å². The number of hydrogen-bond donors (Lipinski definition) is 1. The van der Waals surface area contributed by atoms with Gasteiger partial charge < -0.3 is 10.5 Å². The van der Waals surface area contributed by atoms with E-state index >= 15 is 0 Å². The van der Waals surface area contributed by atoms with Crippen LogP contribution in [0.4, 0.5) is 4.39 Å². The minimum Gasteiger partial charge on any atom is -0.428 e. The van der Waals surface area contributed by atoms with Gasteiger partial charge in [-0.1, -0.05) is 23.7 Å². The van der Waals surface area contributed by atoms with E-state index in [2.05, 4.69) is 16.0 Å². The number of aliphatic imine (C=N–C) groups is 1. The van der Waals surface area contributed by atoms with E-state index in [0.29, 0.717) is 27.4 Å². The zero-order chi connectivity index (χ0) is 22.2. The molecule has 158 valence electrons. The third-order valence-corrected chi connectivity index (χ3v) is 5.75. The fourth-order valence-electron chi connectivity index (χ4n) is 3.79. The zero-order valence-corrected chi connectivity index (χ0v) is 17.6. The number of pyridine rings is 1. The summed E-state index contributed by atoms with van der Waals surface area (Å²) in [5, 5.41) is 9.56. The Bertz CT molecular complexity index is 1170. The van der Waals surface area contributed by atoms with E-state index in [9.17, 15) is 9.18 Å². The summed E-state index contributed by atoms with van der Waals surface area (Å²) in [6.45, 7) is 0.925. The van der Waals surface area contributed by atoms with Crippen LogP contribution in [0.2, 0.25) is 5.02 Å². The van der Waals surface area contributed by atoms with Crippen molar-refractivity contribution in [1.82, 2.24) is 4.98 Å². The maximum Gasteiger partial charge on any atom is 0.288 e. The Balaban J connectivity index is 1.66. The molecular formula is C23H20ClFN4O2. The fourth-order valence-corrected chi connectivity index (χ4v) is 4.09. The number of hydrogen-bond acceptors (Lipinski definition) is 6. The van der Waals surface area contributed by atoms with Crippen molar-refractivity contribution in [3.05, 3.63) is 75.3 Å². The molecule has 1 aromatic carbocycles. The van der Waals surface area contributed by atoms with Crippen LogP contribution in [-0.4, -0.2) is 23.5 Å². The van der Waals surface area contributed by atoms with Crippen LogP contribution in [0.1, 0.15) is 58.4 Å². The van der Waals surface area contributed by atoms with Gasteiger partial charge in [-0.3, -0.25) is 9.78 Å². The Kier molecular flexibility index (Phi) is 5.50. The molecule has 1 aliphatic heterocycles. The lowest BCUT2D eigenvalue weighted by atomic mass is 9.89. The Morgan fingerprint density at radius 3 is 2.87 bits per heavy atom. The molecule has 0 spiro atoms. The highest BCUT2D eigenvalue weighted by molar-refractivity contribution is 6.31. The van der Waals surface area contributed by atoms with E-state index in [1.54, 1.807) is 31.2 Å². The summed E-state index contributed by atoms with van der Waals surface area (Å²) in [6, 6.07) is 8.91. The lowest BCUT2D eigenvalue weighted by Gasteiger charge is -2.28. The monoisotopic (exact) mass is 438 g/mol. The average molecular weight is 439 g/mol. The van der Waals surface area contributed by atoms with Crippen LogP contribution in [-0.2, 0) is 16.7 Å². The van der Waals surface area contributed by atoms with E-state index in [-0.39, 0.29) is 29.9 Å². The van der Waals surface area contributed by atoms with Crippen LogP contribution in [0.15, 0.2) is 47.3 Å². The molecule has 0 amide bonds. The number of halogens is 2. The summed E-state index contributed by atoms with van der Waals surface area (Å²) in [6.07, 6.45) is 5.05. The van der Waals surface area contributed by atoms with Gasteiger partial charge in [-0.05, 0) is 55.0 Å². The van der Waals surface area contributed by atoms with Crippen molar-refractivity contribution >= 4 is 23.4 Å². The molecule has 0 bridgehead atoms. The molecule has 0 unspecified atom stereocenters. The number of carbonyl (C=O) groups excluding carboxylic acids is 1. The number of ether oxygens (including phenoxy) is 1. The predicted molar refractivity (Wildman–Crippen MR) is 115 cm³/mol. The van der Waals surface area contributed by atoms with Crippen LogP contribution in [0.5, 0.6) is 0 Å². The first-order valence-electron chi connectivity index (χ1n) is 9.86. The van der Waals surface area contributed by atoms with Gasteiger partial charge in [0.05, 0.1) is 5.56 Å². The van der Waals surface area contributed by atoms with Gasteiger partial charge in [-0.2, -0.15) is 5.26 Å². The smallest absolute Gasteiger partial charge is 0.288 e. The number of Topliss-reactive ketones (excluding diaryl/α,β-unsaturated/α-hetero) is 1. The first-order chi connectivity index (χ1) is 14.8. The van der Waals surface area contributed by atoms with Crippen molar-refractivity contribution in [1.29, 1.82) is 5.26 Å². The maximum absolute atomic E-state index is 13.2. The number of nitriles is 1. The van der Waals surface area contributed by atoms with E-state index in [4.69, 9.17) is 27.3 Å². The Morgan fingerprint density at radius 1 is 1.42 bits per heavy atom. The summed E-state index contributed by atoms with van der Waals surface area (Å²) in [7, 11) is 0. The molecule has 0 saturated heterocycles. The number of nitrogens with two attached hydrogens (primary N) is 1. The second-order valence-corrected chi connectivity index (χ2v) is 8.31. The van der Waals surface area contributed by atoms with Crippen LogP contribution >= 0.6 is 11.6 Å². The quantitative estimate of drug-likeness (QED) is 0.676. The number of aromatic nitrogens is 1. The molecule has 2 heterocycles. The van der Waals surface area contributed by atoms with Gasteiger partial charge in [0.2, 0.25) is 0 Å². The molecule has 6 nitrogen and oxygen atoms in total. The molecule has 1 fully saturated rings. The topological polar surface area (TPSA) is 101 Å².